The molecule has 3 rings (SSSR count). The van der Waals surface area contributed by atoms with Crippen molar-refractivity contribution in [2.45, 2.75) is 25.4 Å². The van der Waals surface area contributed by atoms with E-state index in [1.165, 1.54) is 12.8 Å². The van der Waals surface area contributed by atoms with Gasteiger partial charge in [-0.2, -0.15) is 5.10 Å². The van der Waals surface area contributed by atoms with Crippen LogP contribution >= 0.6 is 0 Å². The highest BCUT2D eigenvalue weighted by atomic mass is 15.3. The number of benzene rings is 1. The predicted molar refractivity (Wildman–Crippen MR) is 75.0 cm³/mol. The Morgan fingerprint density at radius 1 is 1.37 bits per heavy atom. The zero-order valence-electron chi connectivity index (χ0n) is 10.7. The van der Waals surface area contributed by atoms with Gasteiger partial charge < -0.3 is 11.1 Å². The Morgan fingerprint density at radius 2 is 2.16 bits per heavy atom. The summed E-state index contributed by atoms with van der Waals surface area (Å²) in [6.45, 7) is 0.554. The largest absolute Gasteiger partial charge is 0.370 e. The number of guanidine groups is 1. The molecule has 5 heteroatoms. The molecule has 1 aromatic carbocycles. The normalized spacial score (nSPS) is 15.5. The number of aromatic nitrogens is 2. The van der Waals surface area contributed by atoms with Crippen LogP contribution in [-0.2, 0) is 6.54 Å². The fraction of sp³-hybridized carbons (Fsp3) is 0.286. The van der Waals surface area contributed by atoms with E-state index in [2.05, 4.69) is 15.4 Å². The van der Waals surface area contributed by atoms with Crippen molar-refractivity contribution in [3.8, 4) is 5.69 Å². The van der Waals surface area contributed by atoms with Crippen LogP contribution in [0.25, 0.3) is 5.69 Å². The summed E-state index contributed by atoms with van der Waals surface area (Å²) in [5, 5.41) is 7.49. The molecule has 1 aromatic heterocycles. The van der Waals surface area contributed by atoms with Crippen molar-refractivity contribution in [2.75, 3.05) is 0 Å². The van der Waals surface area contributed by atoms with Crippen LogP contribution in [0.1, 0.15) is 18.4 Å². The number of nitrogens with two attached hydrogens (primary N) is 1. The molecule has 1 heterocycles. The van der Waals surface area contributed by atoms with Gasteiger partial charge in [0.1, 0.15) is 0 Å². The van der Waals surface area contributed by atoms with Crippen LogP contribution in [-0.4, -0.2) is 21.8 Å². The molecule has 3 N–H and O–H groups in total. The first-order valence-corrected chi connectivity index (χ1v) is 6.47. The third-order valence-corrected chi connectivity index (χ3v) is 3.02. The lowest BCUT2D eigenvalue weighted by atomic mass is 10.3. The van der Waals surface area contributed by atoms with Crippen molar-refractivity contribution in [2.24, 2.45) is 10.7 Å². The van der Waals surface area contributed by atoms with Gasteiger partial charge in [0.05, 0.1) is 18.4 Å². The second-order valence-corrected chi connectivity index (χ2v) is 4.75. The van der Waals surface area contributed by atoms with Crippen LogP contribution in [0.4, 0.5) is 0 Å². The molecule has 2 aromatic rings. The van der Waals surface area contributed by atoms with E-state index in [0.29, 0.717) is 18.5 Å². The minimum absolute atomic E-state index is 0.523. The van der Waals surface area contributed by atoms with Crippen molar-refractivity contribution < 1.29 is 0 Å². The van der Waals surface area contributed by atoms with E-state index in [-0.39, 0.29) is 0 Å². The summed E-state index contributed by atoms with van der Waals surface area (Å²) in [4.78, 5) is 4.31. The van der Waals surface area contributed by atoms with Gasteiger partial charge in [-0.1, -0.05) is 18.2 Å². The quantitative estimate of drug-likeness (QED) is 0.641. The first-order chi connectivity index (χ1) is 9.31. The van der Waals surface area contributed by atoms with E-state index in [4.69, 9.17) is 5.73 Å². The number of rotatable bonds is 4. The van der Waals surface area contributed by atoms with Gasteiger partial charge in [-0.05, 0) is 25.0 Å². The molecule has 1 aliphatic rings. The summed E-state index contributed by atoms with van der Waals surface area (Å²) in [6.07, 6.45) is 6.19. The smallest absolute Gasteiger partial charge is 0.189 e. The monoisotopic (exact) mass is 255 g/mol. The molecule has 0 radical (unpaired) electrons. The molecule has 1 fully saturated rings. The maximum atomic E-state index is 5.79. The molecule has 5 nitrogen and oxygen atoms in total. The Hall–Kier alpha value is -2.30. The Balaban J connectivity index is 1.64. The minimum Gasteiger partial charge on any atom is -0.370 e. The third-order valence-electron chi connectivity index (χ3n) is 3.02. The lowest BCUT2D eigenvalue weighted by molar-refractivity contribution is 0.874. The molecule has 0 atom stereocenters. The molecule has 0 amide bonds. The second-order valence-electron chi connectivity index (χ2n) is 4.75. The Kier molecular flexibility index (Phi) is 3.18. The highest BCUT2D eigenvalue weighted by Gasteiger charge is 2.21. The predicted octanol–water partition coefficient (Wildman–Crippen LogP) is 1.44. The zero-order valence-corrected chi connectivity index (χ0v) is 10.7. The SMILES string of the molecule is NC(=NCc1cnn(-c2ccccc2)c1)NC1CC1. The first-order valence-electron chi connectivity index (χ1n) is 6.47. The van der Waals surface area contributed by atoms with Crippen LogP contribution in [0.3, 0.4) is 0 Å². The molecule has 19 heavy (non-hydrogen) atoms. The highest BCUT2D eigenvalue weighted by Crippen LogP contribution is 2.18. The molecule has 98 valence electrons. The fourth-order valence-electron chi connectivity index (χ4n) is 1.82. The topological polar surface area (TPSA) is 68.2 Å². The number of hydrogen-bond donors (Lipinski definition) is 2. The van der Waals surface area contributed by atoms with Gasteiger partial charge in [0.2, 0.25) is 0 Å². The molecule has 0 bridgehead atoms. The molecule has 0 aliphatic heterocycles. The van der Waals surface area contributed by atoms with Gasteiger partial charge in [-0.25, -0.2) is 9.67 Å². The number of nitrogens with one attached hydrogen (secondary N) is 1. The number of aliphatic imine (C=N–C) groups is 1. The summed E-state index contributed by atoms with van der Waals surface area (Å²) in [5.41, 5.74) is 7.88. The molecule has 0 unspecified atom stereocenters. The van der Waals surface area contributed by atoms with Gasteiger partial charge >= 0.3 is 0 Å². The minimum atomic E-state index is 0.523. The molecular weight excluding hydrogens is 238 g/mol. The van der Waals surface area contributed by atoms with Crippen molar-refractivity contribution in [3.63, 3.8) is 0 Å². The second kappa shape index (κ2) is 5.14. The summed E-state index contributed by atoms with van der Waals surface area (Å²) in [5.74, 6) is 0.523. The van der Waals surface area contributed by atoms with Crippen LogP contribution in [0.2, 0.25) is 0 Å². The first kappa shape index (κ1) is 11.8. The molecule has 0 saturated heterocycles. The summed E-state index contributed by atoms with van der Waals surface area (Å²) >= 11 is 0. The molecule has 1 saturated carbocycles. The van der Waals surface area contributed by atoms with Crippen LogP contribution < -0.4 is 11.1 Å². The zero-order chi connectivity index (χ0) is 13.1. The molecule has 0 spiro atoms. The maximum absolute atomic E-state index is 5.79. The van der Waals surface area contributed by atoms with Crippen molar-refractivity contribution in [1.29, 1.82) is 0 Å². The van der Waals surface area contributed by atoms with Crippen LogP contribution in [0.15, 0.2) is 47.7 Å². The van der Waals surface area contributed by atoms with E-state index >= 15 is 0 Å². The summed E-state index contributed by atoms with van der Waals surface area (Å²) in [7, 11) is 0. The van der Waals surface area contributed by atoms with E-state index in [1.807, 2.05) is 47.4 Å². The number of nitrogens with zero attached hydrogens (tertiary/aromatic N) is 3. The third kappa shape index (κ3) is 3.13. The molecular formula is C14H17N5. The van der Waals surface area contributed by atoms with Crippen LogP contribution in [0.5, 0.6) is 0 Å². The Bertz CT molecular complexity index is 569. The summed E-state index contributed by atoms with van der Waals surface area (Å²) in [6, 6.07) is 10.5. The van der Waals surface area contributed by atoms with Crippen molar-refractivity contribution in [3.05, 3.63) is 48.3 Å². The van der Waals surface area contributed by atoms with E-state index < -0.39 is 0 Å². The van der Waals surface area contributed by atoms with Gasteiger partial charge in [0, 0.05) is 17.8 Å². The maximum Gasteiger partial charge on any atom is 0.189 e. The number of para-hydroxylation sites is 1. The Morgan fingerprint density at radius 3 is 2.89 bits per heavy atom. The van der Waals surface area contributed by atoms with E-state index in [0.717, 1.165) is 11.3 Å². The lowest BCUT2D eigenvalue weighted by Gasteiger charge is -2.01. The Labute approximate surface area is 112 Å². The van der Waals surface area contributed by atoms with Gasteiger partial charge in [0.25, 0.3) is 0 Å². The average molecular weight is 255 g/mol. The summed E-state index contributed by atoms with van der Waals surface area (Å²) < 4.78 is 1.84. The number of hydrogen-bond acceptors (Lipinski definition) is 2. The van der Waals surface area contributed by atoms with Crippen LogP contribution in [0, 0.1) is 0 Å². The van der Waals surface area contributed by atoms with E-state index in [9.17, 15) is 0 Å². The van der Waals surface area contributed by atoms with Gasteiger partial charge in [-0.3, -0.25) is 0 Å². The van der Waals surface area contributed by atoms with Gasteiger partial charge in [-0.15, -0.1) is 0 Å². The lowest BCUT2D eigenvalue weighted by Crippen LogP contribution is -2.33. The fourth-order valence-corrected chi connectivity index (χ4v) is 1.82. The van der Waals surface area contributed by atoms with Crippen molar-refractivity contribution >= 4 is 5.96 Å². The van der Waals surface area contributed by atoms with Gasteiger partial charge in [0.15, 0.2) is 5.96 Å². The highest BCUT2D eigenvalue weighted by molar-refractivity contribution is 5.78. The van der Waals surface area contributed by atoms with Crippen molar-refractivity contribution in [1.82, 2.24) is 15.1 Å². The average Bonchev–Trinajstić information content (AvgIpc) is 3.12. The van der Waals surface area contributed by atoms with E-state index in [1.54, 1.807) is 0 Å². The standard InChI is InChI=1S/C14H17N5/c15-14(18-12-6-7-12)16-8-11-9-17-19(10-11)13-4-2-1-3-5-13/h1-5,9-10,12H,6-8H2,(H3,15,16,18). The molecule has 1 aliphatic carbocycles.